The van der Waals surface area contributed by atoms with E-state index < -0.39 is 5.41 Å². The second-order valence-corrected chi connectivity index (χ2v) is 23.3. The van der Waals surface area contributed by atoms with Gasteiger partial charge in [-0.15, -0.1) is 0 Å². The lowest BCUT2D eigenvalue weighted by molar-refractivity contribution is 0.0965. The molecule has 0 amide bonds. The number of furan rings is 2. The van der Waals surface area contributed by atoms with Crippen LogP contribution in [-0.4, -0.2) is 0 Å². The highest BCUT2D eigenvalue weighted by Crippen LogP contribution is 2.69. The van der Waals surface area contributed by atoms with Gasteiger partial charge in [0.15, 0.2) is 11.2 Å². The molecule has 0 atom stereocenters. The largest absolute Gasteiger partial charge is 0.454 e. The molecule has 0 radical (unpaired) electrons. The van der Waals surface area contributed by atoms with Crippen molar-refractivity contribution in [2.45, 2.75) is 73.6 Å². The van der Waals surface area contributed by atoms with E-state index in [-0.39, 0.29) is 10.8 Å². The number of rotatable bonds is 8. The number of fused-ring (bicyclic) bond motifs is 16. The Hall–Kier alpha value is -8.60. The van der Waals surface area contributed by atoms with Crippen molar-refractivity contribution in [2.75, 3.05) is 9.80 Å². The molecule has 2 heterocycles. The fourth-order valence-corrected chi connectivity index (χ4v) is 14.5. The number of hydrogen-bond donors (Lipinski definition) is 0. The Morgan fingerprint density at radius 3 is 1.31 bits per heavy atom. The van der Waals surface area contributed by atoms with E-state index >= 15 is 0 Å². The fraction of sp³-hybridized carbons (Fsp3) is 0.178. The van der Waals surface area contributed by atoms with Crippen LogP contribution in [0.2, 0.25) is 0 Å². The Labute approximate surface area is 450 Å². The highest BCUT2D eigenvalue weighted by molar-refractivity contribution is 6.24. The molecule has 376 valence electrons. The van der Waals surface area contributed by atoms with Gasteiger partial charge < -0.3 is 18.6 Å². The Bertz CT molecular complexity index is 4490. The summed E-state index contributed by atoms with van der Waals surface area (Å²) in [6.07, 6.45) is 1.79. The number of nitrogens with zero attached hydrogens (tertiary/aromatic N) is 2. The van der Waals surface area contributed by atoms with Crippen LogP contribution >= 0.6 is 0 Å². The van der Waals surface area contributed by atoms with E-state index in [0.29, 0.717) is 0 Å². The van der Waals surface area contributed by atoms with Gasteiger partial charge in [0.05, 0.1) is 17.1 Å². The molecule has 14 rings (SSSR count). The average molecular weight is 999 g/mol. The summed E-state index contributed by atoms with van der Waals surface area (Å²) in [4.78, 5) is 4.88. The molecule has 0 fully saturated rings. The summed E-state index contributed by atoms with van der Waals surface area (Å²) in [6, 6.07) is 76.3. The second-order valence-electron chi connectivity index (χ2n) is 23.3. The first kappa shape index (κ1) is 46.9. The van der Waals surface area contributed by atoms with Gasteiger partial charge in [-0.2, -0.15) is 0 Å². The molecule has 1 aliphatic rings. The first-order valence-corrected chi connectivity index (χ1v) is 27.5. The van der Waals surface area contributed by atoms with Crippen molar-refractivity contribution in [1.29, 1.82) is 0 Å². The van der Waals surface area contributed by atoms with E-state index in [4.69, 9.17) is 8.83 Å². The summed E-state index contributed by atoms with van der Waals surface area (Å²) >= 11 is 0. The molecule has 77 heavy (non-hydrogen) atoms. The number of hydrogen-bond acceptors (Lipinski definition) is 4. The van der Waals surface area contributed by atoms with Crippen molar-refractivity contribution in [3.05, 3.63) is 229 Å². The van der Waals surface area contributed by atoms with Crippen LogP contribution in [0.3, 0.4) is 0 Å². The minimum absolute atomic E-state index is 0.281. The summed E-state index contributed by atoms with van der Waals surface area (Å²) in [5.41, 5.74) is 16.8. The van der Waals surface area contributed by atoms with Crippen molar-refractivity contribution in [2.24, 2.45) is 10.8 Å². The molecule has 1 aliphatic carbocycles. The van der Waals surface area contributed by atoms with Crippen LogP contribution < -0.4 is 9.80 Å². The number of benzene rings is 11. The van der Waals surface area contributed by atoms with Crippen molar-refractivity contribution in [3.8, 4) is 11.1 Å². The molecule has 0 saturated carbocycles. The third-order valence-electron chi connectivity index (χ3n) is 17.3. The van der Waals surface area contributed by atoms with Gasteiger partial charge in [0.2, 0.25) is 0 Å². The molecule has 0 bridgehead atoms. The zero-order valence-electron chi connectivity index (χ0n) is 45.3. The highest BCUT2D eigenvalue weighted by Gasteiger charge is 2.59. The van der Waals surface area contributed by atoms with Crippen LogP contribution in [0.5, 0.6) is 0 Å². The normalized spacial score (nSPS) is 13.4. The minimum Gasteiger partial charge on any atom is -0.454 e. The van der Waals surface area contributed by atoms with Gasteiger partial charge >= 0.3 is 0 Å². The van der Waals surface area contributed by atoms with Crippen LogP contribution in [-0.2, 0) is 18.3 Å². The minimum atomic E-state index is -0.507. The number of para-hydroxylation sites is 6. The van der Waals surface area contributed by atoms with Gasteiger partial charge in [-0.25, -0.2) is 0 Å². The molecule has 13 aromatic rings. The molecule has 0 aliphatic heterocycles. The predicted octanol–water partition coefficient (Wildman–Crippen LogP) is 21.4. The Balaban J connectivity index is 1.08. The molecular weight excluding hydrogens is 937 g/mol. The van der Waals surface area contributed by atoms with Crippen LogP contribution in [0.15, 0.2) is 215 Å². The van der Waals surface area contributed by atoms with Crippen molar-refractivity contribution in [3.63, 3.8) is 0 Å². The van der Waals surface area contributed by atoms with Crippen molar-refractivity contribution < 1.29 is 8.83 Å². The van der Waals surface area contributed by atoms with Gasteiger partial charge in [-0.3, -0.25) is 0 Å². The molecule has 0 N–H and O–H groups in total. The maximum atomic E-state index is 7.11. The predicted molar refractivity (Wildman–Crippen MR) is 327 cm³/mol. The Kier molecular flexibility index (Phi) is 10.5. The zero-order valence-corrected chi connectivity index (χ0v) is 45.3. The molecule has 0 spiro atoms. The maximum absolute atomic E-state index is 7.11. The molecule has 4 nitrogen and oxygen atoms in total. The average Bonchev–Trinajstić information content (AvgIpc) is 4.31. The molecule has 2 aromatic heterocycles. The molecule has 4 heteroatoms. The Morgan fingerprint density at radius 1 is 0.338 bits per heavy atom. The summed E-state index contributed by atoms with van der Waals surface area (Å²) in [5, 5.41) is 12.0. The van der Waals surface area contributed by atoms with Gasteiger partial charge in [0.1, 0.15) is 11.2 Å². The smallest absolute Gasteiger partial charge is 0.159 e. The molecule has 0 unspecified atom stereocenters. The summed E-state index contributed by atoms with van der Waals surface area (Å²) < 4.78 is 14.1. The summed E-state index contributed by atoms with van der Waals surface area (Å²) in [7, 11) is 0. The van der Waals surface area contributed by atoms with E-state index in [1.54, 1.807) is 0 Å². The van der Waals surface area contributed by atoms with E-state index in [1.807, 2.05) is 0 Å². The SMILES string of the molecule is CCc1cccc2c1oc1c(N(c3ccccc3)c3ccc4c5c(c6ccccc6c4c3)-c3c(cc(N(c4ccccc4)c4cccc6c4oc4c(CC)cccc46)c4ccccc34)C5(C(C)(C)C)C(C)(C)C)cccc12. The zero-order chi connectivity index (χ0) is 52.5. The lowest BCUT2D eigenvalue weighted by Crippen LogP contribution is -2.50. The van der Waals surface area contributed by atoms with Gasteiger partial charge in [-0.05, 0) is 139 Å². The molecule has 0 saturated heterocycles. The lowest BCUT2D eigenvalue weighted by atomic mass is 9.49. The molecular formula is C73H62N2O2. The quantitative estimate of drug-likeness (QED) is 0.142. The number of aryl methyl sites for hydroxylation is 2. The first-order valence-electron chi connectivity index (χ1n) is 27.5. The van der Waals surface area contributed by atoms with Crippen LogP contribution in [0, 0.1) is 10.8 Å². The van der Waals surface area contributed by atoms with Gasteiger partial charge in [0.25, 0.3) is 0 Å². The third kappa shape index (κ3) is 6.64. The second kappa shape index (κ2) is 17.2. The maximum Gasteiger partial charge on any atom is 0.159 e. The van der Waals surface area contributed by atoms with Crippen LogP contribution in [0.4, 0.5) is 34.1 Å². The summed E-state index contributed by atoms with van der Waals surface area (Å²) in [5.74, 6) is 0. The number of anilines is 6. The van der Waals surface area contributed by atoms with Gasteiger partial charge in [-0.1, -0.05) is 207 Å². The van der Waals surface area contributed by atoms with E-state index in [1.165, 1.54) is 65.7 Å². The van der Waals surface area contributed by atoms with Crippen molar-refractivity contribution >= 4 is 110 Å². The monoisotopic (exact) mass is 998 g/mol. The summed E-state index contributed by atoms with van der Waals surface area (Å²) in [6.45, 7) is 19.3. The highest BCUT2D eigenvalue weighted by atomic mass is 16.3. The van der Waals surface area contributed by atoms with Crippen LogP contribution in [0.25, 0.3) is 87.3 Å². The van der Waals surface area contributed by atoms with Gasteiger partial charge in [0, 0.05) is 49.4 Å². The van der Waals surface area contributed by atoms with E-state index in [0.717, 1.165) is 90.8 Å². The Morgan fingerprint density at radius 2 is 0.779 bits per heavy atom. The topological polar surface area (TPSA) is 32.8 Å². The molecule has 11 aromatic carbocycles. The van der Waals surface area contributed by atoms with Crippen molar-refractivity contribution in [1.82, 2.24) is 0 Å². The third-order valence-corrected chi connectivity index (χ3v) is 17.3. The van der Waals surface area contributed by atoms with Crippen LogP contribution in [0.1, 0.15) is 77.6 Å². The lowest BCUT2D eigenvalue weighted by Gasteiger charge is -2.53. The first-order chi connectivity index (χ1) is 37.4. The van der Waals surface area contributed by atoms with E-state index in [2.05, 4.69) is 271 Å². The standard InChI is InChI=1S/C73H62N2O2/c1-9-45-25-21-35-55-57-37-23-39-61(69(57)76-67(45)55)74(47-27-13-11-14-28-47)49-41-42-54-59(43-49)50-31-17-19-33-52(50)65-64-53-34-20-18-32-51(53)63(44-60(64)73(66(54)65,71(3,4)5)72(6,7)8)75(48-29-15-12-16-30-48)62-40-24-38-58-56-36-22-26-46(10-2)68(56)77-70(58)62/h11-44H,9-10H2,1-8H3. The fourth-order valence-electron chi connectivity index (χ4n) is 14.5. The van der Waals surface area contributed by atoms with E-state index in [9.17, 15) is 0 Å².